The molecule has 0 radical (unpaired) electrons. The molecule has 0 aliphatic rings. The summed E-state index contributed by atoms with van der Waals surface area (Å²) >= 11 is 5.89. The summed E-state index contributed by atoms with van der Waals surface area (Å²) in [6.07, 6.45) is 0. The van der Waals surface area contributed by atoms with Crippen LogP contribution in [0, 0.1) is 17.5 Å². The Labute approximate surface area is 172 Å². The summed E-state index contributed by atoms with van der Waals surface area (Å²) in [6.45, 7) is -0.203. The highest BCUT2D eigenvalue weighted by Gasteiger charge is 2.17. The summed E-state index contributed by atoms with van der Waals surface area (Å²) in [6, 6.07) is 9.07. The minimum absolute atomic E-state index is 0.0934. The van der Waals surface area contributed by atoms with Gasteiger partial charge in [-0.1, -0.05) is 22.9 Å². The van der Waals surface area contributed by atoms with E-state index in [-0.39, 0.29) is 28.3 Å². The molecule has 30 heavy (non-hydrogen) atoms. The maximum Gasteiger partial charge on any atom is 0.340 e. The summed E-state index contributed by atoms with van der Waals surface area (Å²) in [5.74, 6) is -3.01. The van der Waals surface area contributed by atoms with E-state index in [1.807, 2.05) is 0 Å². The first-order valence-corrected chi connectivity index (χ1v) is 8.97. The zero-order valence-corrected chi connectivity index (χ0v) is 16.1. The molecule has 0 unspecified atom stereocenters. The van der Waals surface area contributed by atoms with Crippen LogP contribution in [0.2, 0.25) is 5.02 Å². The molecule has 0 N–H and O–H groups in total. The lowest BCUT2D eigenvalue weighted by atomic mass is 10.1. The number of benzene rings is 2. The second kappa shape index (κ2) is 7.75. The molecule has 0 saturated carbocycles. The molecular formula is C20H12ClF3N4O2. The zero-order chi connectivity index (χ0) is 21.4. The molecule has 0 aliphatic heterocycles. The highest BCUT2D eigenvalue weighted by atomic mass is 35.5. The van der Waals surface area contributed by atoms with Crippen LogP contribution in [0.4, 0.5) is 13.2 Å². The number of hydrogen-bond donors (Lipinski definition) is 0. The maximum absolute atomic E-state index is 14.3. The Bertz CT molecular complexity index is 1290. The van der Waals surface area contributed by atoms with Crippen molar-refractivity contribution < 1.29 is 22.7 Å². The van der Waals surface area contributed by atoms with Gasteiger partial charge >= 0.3 is 5.97 Å². The number of carbonyl (C=O) groups is 1. The fourth-order valence-corrected chi connectivity index (χ4v) is 3.15. The SMILES string of the molecule is COC(=O)c1ccc(-c2ccc3nnn(Cc4c(F)ccc(F)c4Cl)c3n2)cc1F. The molecule has 2 heterocycles. The Morgan fingerprint density at radius 2 is 1.83 bits per heavy atom. The van der Waals surface area contributed by atoms with Gasteiger partial charge in [0.2, 0.25) is 0 Å². The van der Waals surface area contributed by atoms with E-state index in [1.54, 1.807) is 12.1 Å². The van der Waals surface area contributed by atoms with E-state index in [9.17, 15) is 18.0 Å². The molecule has 4 aromatic rings. The summed E-state index contributed by atoms with van der Waals surface area (Å²) in [5, 5.41) is 7.53. The number of pyridine rings is 1. The van der Waals surface area contributed by atoms with E-state index < -0.39 is 23.4 Å². The second-order valence-corrected chi connectivity index (χ2v) is 6.67. The fraction of sp³-hybridized carbons (Fsp3) is 0.100. The average molecular weight is 433 g/mol. The van der Waals surface area contributed by atoms with Crippen LogP contribution in [-0.4, -0.2) is 33.1 Å². The van der Waals surface area contributed by atoms with E-state index in [4.69, 9.17) is 11.6 Å². The van der Waals surface area contributed by atoms with Crippen molar-refractivity contribution in [3.8, 4) is 11.3 Å². The number of methoxy groups -OCH3 is 1. The number of hydrogen-bond acceptors (Lipinski definition) is 5. The third-order valence-electron chi connectivity index (χ3n) is 4.48. The number of carbonyl (C=O) groups excluding carboxylic acids is 1. The van der Waals surface area contributed by atoms with E-state index in [0.717, 1.165) is 25.3 Å². The first-order valence-electron chi connectivity index (χ1n) is 8.60. The predicted octanol–water partition coefficient (Wildman–Crippen LogP) is 4.40. The maximum atomic E-state index is 14.3. The Kier molecular flexibility index (Phi) is 5.13. The largest absolute Gasteiger partial charge is 0.465 e. The van der Waals surface area contributed by atoms with E-state index in [0.29, 0.717) is 16.8 Å². The normalized spacial score (nSPS) is 11.1. The van der Waals surface area contributed by atoms with Gasteiger partial charge in [0, 0.05) is 11.1 Å². The first-order chi connectivity index (χ1) is 14.4. The fourth-order valence-electron chi connectivity index (χ4n) is 2.93. The standard InChI is InChI=1S/C20H12ClF3N4O2/c1-30-20(29)11-3-2-10(8-15(11)24)16-6-7-17-19(25-16)28(27-26-17)9-12-13(22)4-5-14(23)18(12)21/h2-8H,9H2,1H3. The van der Waals surface area contributed by atoms with Crippen molar-refractivity contribution >= 4 is 28.7 Å². The minimum atomic E-state index is -0.793. The molecule has 0 saturated heterocycles. The van der Waals surface area contributed by atoms with Crippen LogP contribution in [0.25, 0.3) is 22.4 Å². The molecule has 4 rings (SSSR count). The quantitative estimate of drug-likeness (QED) is 0.353. The van der Waals surface area contributed by atoms with Crippen molar-refractivity contribution in [2.24, 2.45) is 0 Å². The number of halogens is 4. The van der Waals surface area contributed by atoms with E-state index in [2.05, 4.69) is 20.0 Å². The van der Waals surface area contributed by atoms with Crippen molar-refractivity contribution in [3.63, 3.8) is 0 Å². The van der Waals surface area contributed by atoms with Gasteiger partial charge in [-0.2, -0.15) is 0 Å². The molecule has 2 aromatic carbocycles. The van der Waals surface area contributed by atoms with Crippen LogP contribution in [0.5, 0.6) is 0 Å². The molecule has 152 valence electrons. The number of nitrogens with zero attached hydrogens (tertiary/aromatic N) is 4. The van der Waals surface area contributed by atoms with Gasteiger partial charge in [-0.05, 0) is 36.4 Å². The Morgan fingerprint density at radius 3 is 2.57 bits per heavy atom. The summed E-state index contributed by atoms with van der Waals surface area (Å²) < 4.78 is 47.9. The number of esters is 1. The Balaban J connectivity index is 1.75. The van der Waals surface area contributed by atoms with Crippen LogP contribution in [0.3, 0.4) is 0 Å². The van der Waals surface area contributed by atoms with Gasteiger partial charge < -0.3 is 4.74 Å². The molecule has 6 nitrogen and oxygen atoms in total. The lowest BCUT2D eigenvalue weighted by molar-refractivity contribution is 0.0595. The van der Waals surface area contributed by atoms with E-state index in [1.165, 1.54) is 16.8 Å². The molecular weight excluding hydrogens is 421 g/mol. The van der Waals surface area contributed by atoms with Gasteiger partial charge in [-0.3, -0.25) is 0 Å². The van der Waals surface area contributed by atoms with Crippen molar-refractivity contribution in [1.82, 2.24) is 20.0 Å². The Morgan fingerprint density at radius 1 is 1.07 bits per heavy atom. The monoisotopic (exact) mass is 432 g/mol. The molecule has 0 spiro atoms. The molecule has 0 fully saturated rings. The van der Waals surface area contributed by atoms with E-state index >= 15 is 0 Å². The molecule has 0 aliphatic carbocycles. The average Bonchev–Trinajstić information content (AvgIpc) is 3.15. The number of ether oxygens (including phenoxy) is 1. The smallest absolute Gasteiger partial charge is 0.340 e. The highest BCUT2D eigenvalue weighted by molar-refractivity contribution is 6.31. The van der Waals surface area contributed by atoms with Crippen molar-refractivity contribution in [2.75, 3.05) is 7.11 Å². The third kappa shape index (κ3) is 3.48. The van der Waals surface area contributed by atoms with Crippen molar-refractivity contribution in [3.05, 3.63) is 76.1 Å². The molecule has 0 bridgehead atoms. The van der Waals surface area contributed by atoms with Crippen LogP contribution in [0.1, 0.15) is 15.9 Å². The van der Waals surface area contributed by atoms with Gasteiger partial charge in [-0.25, -0.2) is 27.6 Å². The Hall–Kier alpha value is -3.46. The third-order valence-corrected chi connectivity index (χ3v) is 4.89. The van der Waals surface area contributed by atoms with Crippen LogP contribution >= 0.6 is 11.6 Å². The van der Waals surface area contributed by atoms with Crippen LogP contribution < -0.4 is 0 Å². The summed E-state index contributed by atoms with van der Waals surface area (Å²) in [5.41, 5.74) is 1.13. The van der Waals surface area contributed by atoms with Crippen molar-refractivity contribution in [1.29, 1.82) is 0 Å². The molecule has 10 heteroatoms. The molecule has 0 amide bonds. The second-order valence-electron chi connectivity index (χ2n) is 6.29. The summed E-state index contributed by atoms with van der Waals surface area (Å²) in [4.78, 5) is 16.0. The number of fused-ring (bicyclic) bond motifs is 1. The lowest BCUT2D eigenvalue weighted by Crippen LogP contribution is -2.07. The highest BCUT2D eigenvalue weighted by Crippen LogP contribution is 2.26. The molecule has 0 atom stereocenters. The van der Waals surface area contributed by atoms with Gasteiger partial charge in [0.15, 0.2) is 5.65 Å². The van der Waals surface area contributed by atoms with Crippen LogP contribution in [-0.2, 0) is 11.3 Å². The lowest BCUT2D eigenvalue weighted by Gasteiger charge is -2.08. The number of rotatable bonds is 4. The first kappa shape index (κ1) is 19.8. The topological polar surface area (TPSA) is 69.9 Å². The van der Waals surface area contributed by atoms with Gasteiger partial charge in [0.05, 0.1) is 29.9 Å². The van der Waals surface area contributed by atoms with Crippen molar-refractivity contribution in [2.45, 2.75) is 6.54 Å². The van der Waals surface area contributed by atoms with Gasteiger partial charge in [0.25, 0.3) is 0 Å². The summed E-state index contributed by atoms with van der Waals surface area (Å²) in [7, 11) is 1.16. The van der Waals surface area contributed by atoms with Gasteiger partial charge in [-0.15, -0.1) is 5.10 Å². The zero-order valence-electron chi connectivity index (χ0n) is 15.4. The van der Waals surface area contributed by atoms with Crippen LogP contribution in [0.15, 0.2) is 42.5 Å². The van der Waals surface area contributed by atoms with Gasteiger partial charge in [0.1, 0.15) is 23.0 Å². The molecule has 2 aromatic heterocycles. The number of aromatic nitrogens is 4. The predicted molar refractivity (Wildman–Crippen MR) is 103 cm³/mol. The minimum Gasteiger partial charge on any atom is -0.465 e.